The fourth-order valence-electron chi connectivity index (χ4n) is 2.95. The van der Waals surface area contributed by atoms with E-state index in [-0.39, 0.29) is 39.9 Å². The average molecular weight is 382 g/mol. The number of fused-ring (bicyclic) bond motifs is 1. The first kappa shape index (κ1) is 19.1. The maximum atomic E-state index is 12.6. The Morgan fingerprint density at radius 1 is 1.04 bits per heavy atom. The van der Waals surface area contributed by atoms with Crippen LogP contribution in [-0.4, -0.2) is 44.8 Å². The van der Waals surface area contributed by atoms with Gasteiger partial charge < -0.3 is 15.5 Å². The standard InChI is InChI=1S/C20H18N2O6/c1-3-10(2)22-18(25)13-6-4-11(8-14(13)19(22)26)17(24)21-15-7-5-12(20(27)28)9-16(15)23/h4-10,23H,3H2,1-2H3,(H,21,24)(H,27,28). The summed E-state index contributed by atoms with van der Waals surface area (Å²) < 4.78 is 0. The second-order valence-electron chi connectivity index (χ2n) is 6.49. The van der Waals surface area contributed by atoms with Crippen LogP contribution in [0, 0.1) is 0 Å². The molecule has 28 heavy (non-hydrogen) atoms. The molecule has 0 aromatic heterocycles. The molecule has 1 heterocycles. The van der Waals surface area contributed by atoms with Crippen molar-refractivity contribution in [1.82, 2.24) is 4.90 Å². The van der Waals surface area contributed by atoms with Gasteiger partial charge in [-0.3, -0.25) is 19.3 Å². The van der Waals surface area contributed by atoms with Gasteiger partial charge in [0.1, 0.15) is 5.75 Å². The number of phenolic OH excluding ortho intramolecular Hbond substituents is 1. The van der Waals surface area contributed by atoms with E-state index in [4.69, 9.17) is 5.11 Å². The van der Waals surface area contributed by atoms with E-state index in [0.29, 0.717) is 6.42 Å². The lowest BCUT2D eigenvalue weighted by Crippen LogP contribution is -2.37. The molecular formula is C20H18N2O6. The number of carboxylic acids is 1. The van der Waals surface area contributed by atoms with Crippen LogP contribution < -0.4 is 5.32 Å². The van der Waals surface area contributed by atoms with Gasteiger partial charge in [0.05, 0.1) is 22.4 Å². The lowest BCUT2D eigenvalue weighted by atomic mass is 10.1. The van der Waals surface area contributed by atoms with E-state index in [9.17, 15) is 24.3 Å². The summed E-state index contributed by atoms with van der Waals surface area (Å²) in [6.07, 6.45) is 0.616. The predicted molar refractivity (Wildman–Crippen MR) is 99.7 cm³/mol. The maximum Gasteiger partial charge on any atom is 0.335 e. The zero-order chi connectivity index (χ0) is 20.6. The van der Waals surface area contributed by atoms with E-state index in [1.165, 1.54) is 35.2 Å². The lowest BCUT2D eigenvalue weighted by molar-refractivity contribution is 0.0592. The third-order valence-electron chi connectivity index (χ3n) is 4.70. The quantitative estimate of drug-likeness (QED) is 0.540. The molecule has 0 saturated carbocycles. The molecule has 0 saturated heterocycles. The Hall–Kier alpha value is -3.68. The largest absolute Gasteiger partial charge is 0.506 e. The van der Waals surface area contributed by atoms with E-state index in [0.717, 1.165) is 6.07 Å². The number of nitrogens with zero attached hydrogens (tertiary/aromatic N) is 1. The molecule has 3 N–H and O–H groups in total. The molecule has 8 heteroatoms. The van der Waals surface area contributed by atoms with Crippen molar-refractivity contribution in [3.63, 3.8) is 0 Å². The van der Waals surface area contributed by atoms with E-state index in [2.05, 4.69) is 5.32 Å². The number of nitrogens with one attached hydrogen (secondary N) is 1. The van der Waals surface area contributed by atoms with Crippen molar-refractivity contribution >= 4 is 29.4 Å². The second-order valence-corrected chi connectivity index (χ2v) is 6.49. The molecule has 144 valence electrons. The number of hydrogen-bond donors (Lipinski definition) is 3. The van der Waals surface area contributed by atoms with Gasteiger partial charge >= 0.3 is 5.97 Å². The highest BCUT2D eigenvalue weighted by Gasteiger charge is 2.38. The van der Waals surface area contributed by atoms with Crippen LogP contribution in [0.25, 0.3) is 0 Å². The Kier molecular flexibility index (Phi) is 4.87. The molecule has 0 spiro atoms. The van der Waals surface area contributed by atoms with Crippen molar-refractivity contribution in [2.75, 3.05) is 5.32 Å². The first-order chi connectivity index (χ1) is 13.2. The number of hydrogen-bond acceptors (Lipinski definition) is 5. The van der Waals surface area contributed by atoms with Gasteiger partial charge in [-0.05, 0) is 49.7 Å². The minimum Gasteiger partial charge on any atom is -0.506 e. The Bertz CT molecular complexity index is 1010. The van der Waals surface area contributed by atoms with Gasteiger partial charge in [-0.2, -0.15) is 0 Å². The van der Waals surface area contributed by atoms with Crippen LogP contribution in [0.3, 0.4) is 0 Å². The average Bonchev–Trinajstić information content (AvgIpc) is 2.92. The van der Waals surface area contributed by atoms with E-state index >= 15 is 0 Å². The number of imide groups is 1. The van der Waals surface area contributed by atoms with Gasteiger partial charge in [-0.25, -0.2) is 4.79 Å². The van der Waals surface area contributed by atoms with Gasteiger partial charge in [-0.15, -0.1) is 0 Å². The van der Waals surface area contributed by atoms with Gasteiger partial charge in [0, 0.05) is 11.6 Å². The summed E-state index contributed by atoms with van der Waals surface area (Å²) in [5.41, 5.74) is 0.438. The molecule has 0 radical (unpaired) electrons. The number of phenols is 1. The molecule has 2 aromatic carbocycles. The van der Waals surface area contributed by atoms with Crippen LogP contribution in [0.2, 0.25) is 0 Å². The summed E-state index contributed by atoms with van der Waals surface area (Å²) >= 11 is 0. The Balaban J connectivity index is 1.86. The van der Waals surface area contributed by atoms with Crippen LogP contribution in [0.15, 0.2) is 36.4 Å². The van der Waals surface area contributed by atoms with Gasteiger partial charge in [0.25, 0.3) is 17.7 Å². The van der Waals surface area contributed by atoms with Crippen molar-refractivity contribution in [1.29, 1.82) is 0 Å². The topological polar surface area (TPSA) is 124 Å². The van der Waals surface area contributed by atoms with E-state index in [1.54, 1.807) is 6.92 Å². The summed E-state index contributed by atoms with van der Waals surface area (Å²) in [6, 6.07) is 7.47. The maximum absolute atomic E-state index is 12.6. The summed E-state index contributed by atoms with van der Waals surface area (Å²) in [4.78, 5) is 49.6. The molecule has 1 unspecified atom stereocenters. The number of carbonyl (C=O) groups excluding carboxylic acids is 3. The van der Waals surface area contributed by atoms with Crippen LogP contribution >= 0.6 is 0 Å². The predicted octanol–water partition coefficient (Wildman–Crippen LogP) is 2.74. The first-order valence-corrected chi connectivity index (χ1v) is 8.64. The second kappa shape index (κ2) is 7.15. The van der Waals surface area contributed by atoms with Crippen LogP contribution in [-0.2, 0) is 0 Å². The number of amides is 3. The molecule has 1 aliphatic rings. The highest BCUT2D eigenvalue weighted by Crippen LogP contribution is 2.28. The van der Waals surface area contributed by atoms with Gasteiger partial charge in [0.2, 0.25) is 0 Å². The minimum absolute atomic E-state index is 0.0270. The van der Waals surface area contributed by atoms with Gasteiger partial charge in [-0.1, -0.05) is 6.92 Å². The number of aromatic carboxylic acids is 1. The molecule has 2 aromatic rings. The summed E-state index contributed by atoms with van der Waals surface area (Å²) in [5.74, 6) is -3.05. The van der Waals surface area contributed by atoms with Crippen LogP contribution in [0.4, 0.5) is 5.69 Å². The van der Waals surface area contributed by atoms with Crippen molar-refractivity contribution < 1.29 is 29.4 Å². The fraction of sp³-hybridized carbons (Fsp3) is 0.200. The molecule has 1 atom stereocenters. The van der Waals surface area contributed by atoms with Gasteiger partial charge in [0.15, 0.2) is 0 Å². The number of aromatic hydroxyl groups is 1. The van der Waals surface area contributed by atoms with E-state index in [1.807, 2.05) is 6.92 Å². The smallest absolute Gasteiger partial charge is 0.335 e. The Labute approximate surface area is 160 Å². The molecule has 3 amide bonds. The summed E-state index contributed by atoms with van der Waals surface area (Å²) in [5, 5.41) is 21.3. The Morgan fingerprint density at radius 3 is 2.29 bits per heavy atom. The number of anilines is 1. The fourth-order valence-corrected chi connectivity index (χ4v) is 2.95. The first-order valence-electron chi connectivity index (χ1n) is 8.64. The van der Waals surface area contributed by atoms with Crippen molar-refractivity contribution in [2.24, 2.45) is 0 Å². The summed E-state index contributed by atoms with van der Waals surface area (Å²) in [6.45, 7) is 3.65. The number of benzene rings is 2. The molecule has 0 bridgehead atoms. The lowest BCUT2D eigenvalue weighted by Gasteiger charge is -2.20. The molecule has 0 fully saturated rings. The Morgan fingerprint density at radius 2 is 1.68 bits per heavy atom. The normalized spacial score (nSPS) is 14.0. The van der Waals surface area contributed by atoms with Crippen molar-refractivity contribution in [2.45, 2.75) is 26.3 Å². The third kappa shape index (κ3) is 3.20. The number of rotatable bonds is 5. The van der Waals surface area contributed by atoms with Crippen LogP contribution in [0.5, 0.6) is 5.75 Å². The number of carboxylic acid groups (broad SMARTS) is 1. The molecular weight excluding hydrogens is 364 g/mol. The van der Waals surface area contributed by atoms with Crippen molar-refractivity contribution in [3.8, 4) is 5.75 Å². The van der Waals surface area contributed by atoms with Crippen molar-refractivity contribution in [3.05, 3.63) is 58.7 Å². The third-order valence-corrected chi connectivity index (χ3v) is 4.70. The molecule has 0 aliphatic carbocycles. The zero-order valence-electron chi connectivity index (χ0n) is 15.2. The SMILES string of the molecule is CCC(C)N1C(=O)c2ccc(C(=O)Nc3ccc(C(=O)O)cc3O)cc2C1=O. The monoisotopic (exact) mass is 382 g/mol. The summed E-state index contributed by atoms with van der Waals surface area (Å²) in [7, 11) is 0. The molecule has 1 aliphatic heterocycles. The highest BCUT2D eigenvalue weighted by molar-refractivity contribution is 6.22. The molecule has 3 rings (SSSR count). The highest BCUT2D eigenvalue weighted by atomic mass is 16.4. The number of carbonyl (C=O) groups is 4. The minimum atomic E-state index is -1.21. The van der Waals surface area contributed by atoms with E-state index < -0.39 is 23.5 Å². The van der Waals surface area contributed by atoms with Crippen LogP contribution in [0.1, 0.15) is 61.7 Å². The molecule has 8 nitrogen and oxygen atoms in total. The zero-order valence-corrected chi connectivity index (χ0v) is 15.2.